The normalized spacial score (nSPS) is 11.0. The lowest BCUT2D eigenvalue weighted by Crippen LogP contribution is -2.39. The van der Waals surface area contributed by atoms with E-state index >= 15 is 0 Å². The highest BCUT2D eigenvalue weighted by Gasteiger charge is 2.16. The van der Waals surface area contributed by atoms with Crippen LogP contribution in [0.5, 0.6) is 0 Å². The second-order valence-electron chi connectivity index (χ2n) is 3.43. The maximum absolute atomic E-state index is 8.68. The van der Waals surface area contributed by atoms with E-state index in [0.717, 1.165) is 4.32 Å². The van der Waals surface area contributed by atoms with Crippen LogP contribution >= 0.6 is 24.0 Å². The molecular formula is C9H19NOS2. The third-order valence-electron chi connectivity index (χ3n) is 1.64. The molecule has 13 heavy (non-hydrogen) atoms. The molecule has 0 aromatic carbocycles. The molecule has 0 saturated carbocycles. The zero-order chi connectivity index (χ0) is 10.4. The van der Waals surface area contributed by atoms with E-state index in [1.807, 2.05) is 0 Å². The predicted octanol–water partition coefficient (Wildman–Crippen LogP) is 2.12. The largest absolute Gasteiger partial charge is 0.396 e. The fraction of sp³-hybridized carbons (Fsp3) is 0.889. The molecule has 0 saturated heterocycles. The van der Waals surface area contributed by atoms with Crippen molar-refractivity contribution in [2.24, 2.45) is 0 Å². The summed E-state index contributed by atoms with van der Waals surface area (Å²) in [6.45, 7) is 8.71. The van der Waals surface area contributed by atoms with Crippen LogP contribution in [0.4, 0.5) is 0 Å². The van der Waals surface area contributed by atoms with Crippen molar-refractivity contribution < 1.29 is 5.11 Å². The van der Waals surface area contributed by atoms with Gasteiger partial charge < -0.3 is 10.0 Å². The van der Waals surface area contributed by atoms with Crippen molar-refractivity contribution in [1.82, 2.24) is 4.90 Å². The molecule has 0 bridgehead atoms. The van der Waals surface area contributed by atoms with Crippen LogP contribution in [0, 0.1) is 0 Å². The highest BCUT2D eigenvalue weighted by molar-refractivity contribution is 8.22. The molecule has 2 nitrogen and oxygen atoms in total. The average Bonchev–Trinajstić information content (AvgIpc) is 1.99. The van der Waals surface area contributed by atoms with E-state index < -0.39 is 0 Å². The zero-order valence-electron chi connectivity index (χ0n) is 8.78. The van der Waals surface area contributed by atoms with Gasteiger partial charge in [-0.1, -0.05) is 24.0 Å². The van der Waals surface area contributed by atoms with Crippen molar-refractivity contribution in [3.63, 3.8) is 0 Å². The number of aliphatic hydroxyl groups is 1. The number of thiocarbonyl (C=S) groups is 1. The van der Waals surface area contributed by atoms with Crippen LogP contribution in [0.15, 0.2) is 0 Å². The van der Waals surface area contributed by atoms with Crippen molar-refractivity contribution in [1.29, 1.82) is 0 Å². The summed E-state index contributed by atoms with van der Waals surface area (Å²) in [4.78, 5) is 2.19. The lowest BCUT2D eigenvalue weighted by atomic mass is 10.2. The van der Waals surface area contributed by atoms with E-state index in [2.05, 4.69) is 32.6 Å². The Balaban J connectivity index is 4.13. The number of hydrogen-bond acceptors (Lipinski definition) is 3. The summed E-state index contributed by atoms with van der Waals surface area (Å²) in [7, 11) is 0. The monoisotopic (exact) mass is 221 g/mol. The highest BCUT2D eigenvalue weighted by atomic mass is 32.2. The van der Waals surface area contributed by atoms with Gasteiger partial charge in [-0.05, 0) is 27.7 Å². The summed E-state index contributed by atoms with van der Waals surface area (Å²) in [5, 5.41) is 8.68. The van der Waals surface area contributed by atoms with Gasteiger partial charge in [0.25, 0.3) is 0 Å². The Morgan fingerprint density at radius 3 is 2.08 bits per heavy atom. The summed E-state index contributed by atoms with van der Waals surface area (Å²) in [5.41, 5.74) is 0. The average molecular weight is 221 g/mol. The summed E-state index contributed by atoms with van der Waals surface area (Å²) in [5.74, 6) is 0.689. The molecule has 0 radical (unpaired) electrons. The summed E-state index contributed by atoms with van der Waals surface area (Å²) in [6.07, 6.45) is 0. The molecule has 0 atom stereocenters. The number of nitrogens with zero attached hydrogens (tertiary/aromatic N) is 1. The standard InChI is InChI=1S/C9H19NOS2/c1-7(2)10(8(3)4)9(12)13-6-5-11/h7-8,11H,5-6H2,1-4H3. The summed E-state index contributed by atoms with van der Waals surface area (Å²) in [6, 6.07) is 0.859. The molecule has 4 heteroatoms. The van der Waals surface area contributed by atoms with Crippen molar-refractivity contribution >= 4 is 28.3 Å². The molecule has 78 valence electrons. The first-order valence-electron chi connectivity index (χ1n) is 4.56. The number of aliphatic hydroxyl groups excluding tert-OH is 1. The van der Waals surface area contributed by atoms with Gasteiger partial charge in [0.1, 0.15) is 4.32 Å². The topological polar surface area (TPSA) is 23.5 Å². The van der Waals surface area contributed by atoms with Gasteiger partial charge in [0.2, 0.25) is 0 Å². The van der Waals surface area contributed by atoms with E-state index in [-0.39, 0.29) is 6.61 Å². The van der Waals surface area contributed by atoms with Crippen molar-refractivity contribution in [2.75, 3.05) is 12.4 Å². The smallest absolute Gasteiger partial charge is 0.136 e. The molecule has 0 aliphatic rings. The number of rotatable bonds is 4. The fourth-order valence-corrected chi connectivity index (χ4v) is 2.73. The number of thioether (sulfide) groups is 1. The number of hydrogen-bond donors (Lipinski definition) is 1. The third kappa shape index (κ3) is 4.84. The van der Waals surface area contributed by atoms with Crippen LogP contribution in [0.1, 0.15) is 27.7 Å². The van der Waals surface area contributed by atoms with E-state index in [4.69, 9.17) is 17.3 Å². The molecule has 0 unspecified atom stereocenters. The van der Waals surface area contributed by atoms with E-state index in [1.165, 1.54) is 0 Å². The van der Waals surface area contributed by atoms with Crippen LogP contribution < -0.4 is 0 Å². The van der Waals surface area contributed by atoms with Gasteiger partial charge in [-0.2, -0.15) is 0 Å². The van der Waals surface area contributed by atoms with Crippen LogP contribution in [-0.4, -0.2) is 38.8 Å². The van der Waals surface area contributed by atoms with Crippen molar-refractivity contribution in [3.8, 4) is 0 Å². The van der Waals surface area contributed by atoms with E-state index in [1.54, 1.807) is 11.8 Å². The van der Waals surface area contributed by atoms with Gasteiger partial charge in [-0.15, -0.1) is 0 Å². The maximum atomic E-state index is 8.68. The van der Waals surface area contributed by atoms with Crippen LogP contribution in [-0.2, 0) is 0 Å². The van der Waals surface area contributed by atoms with E-state index in [9.17, 15) is 0 Å². The first kappa shape index (κ1) is 13.2. The minimum atomic E-state index is 0.189. The van der Waals surface area contributed by atoms with Crippen LogP contribution in [0.2, 0.25) is 0 Å². The molecule has 0 aromatic heterocycles. The minimum Gasteiger partial charge on any atom is -0.396 e. The Morgan fingerprint density at radius 2 is 1.77 bits per heavy atom. The van der Waals surface area contributed by atoms with Gasteiger partial charge in [0.15, 0.2) is 0 Å². The van der Waals surface area contributed by atoms with E-state index in [0.29, 0.717) is 17.8 Å². The second-order valence-corrected chi connectivity index (χ2v) is 5.16. The first-order chi connectivity index (χ1) is 6.00. The Kier molecular flexibility index (Phi) is 6.73. The molecule has 0 aliphatic carbocycles. The lowest BCUT2D eigenvalue weighted by molar-refractivity contribution is 0.302. The van der Waals surface area contributed by atoms with Gasteiger partial charge >= 0.3 is 0 Å². The minimum absolute atomic E-state index is 0.189. The third-order valence-corrected chi connectivity index (χ3v) is 3.05. The van der Waals surface area contributed by atoms with Gasteiger partial charge in [0.05, 0.1) is 6.61 Å². The molecule has 1 N–H and O–H groups in total. The molecule has 0 spiro atoms. The van der Waals surface area contributed by atoms with Crippen LogP contribution in [0.25, 0.3) is 0 Å². The molecular weight excluding hydrogens is 202 g/mol. The van der Waals surface area contributed by atoms with Crippen molar-refractivity contribution in [2.45, 2.75) is 39.8 Å². The van der Waals surface area contributed by atoms with Gasteiger partial charge in [0, 0.05) is 17.8 Å². The van der Waals surface area contributed by atoms with Gasteiger partial charge in [-0.25, -0.2) is 0 Å². The Bertz CT molecular complexity index is 152. The first-order valence-corrected chi connectivity index (χ1v) is 5.96. The Hall–Kier alpha value is 0.200. The summed E-state index contributed by atoms with van der Waals surface area (Å²) >= 11 is 6.82. The second kappa shape index (κ2) is 6.62. The molecule has 0 aromatic rings. The molecule has 0 aliphatic heterocycles. The van der Waals surface area contributed by atoms with Gasteiger partial charge in [-0.3, -0.25) is 0 Å². The Labute approximate surface area is 90.7 Å². The quantitative estimate of drug-likeness (QED) is 0.735. The fourth-order valence-electron chi connectivity index (χ4n) is 1.23. The van der Waals surface area contributed by atoms with Crippen molar-refractivity contribution in [3.05, 3.63) is 0 Å². The lowest BCUT2D eigenvalue weighted by Gasteiger charge is -2.32. The molecule has 0 heterocycles. The molecule has 0 fully saturated rings. The summed E-state index contributed by atoms with van der Waals surface area (Å²) < 4.78 is 0.888. The zero-order valence-corrected chi connectivity index (χ0v) is 10.4. The molecule has 0 amide bonds. The maximum Gasteiger partial charge on any atom is 0.136 e. The predicted molar refractivity (Wildman–Crippen MR) is 64.3 cm³/mol. The SMILES string of the molecule is CC(C)N(C(=S)SCCO)C(C)C. The van der Waals surface area contributed by atoms with Crippen LogP contribution in [0.3, 0.4) is 0 Å². The highest BCUT2D eigenvalue weighted by Crippen LogP contribution is 2.15. The Morgan fingerprint density at radius 1 is 1.31 bits per heavy atom. The molecule has 0 rings (SSSR count).